The number of hydrogen-bond donors (Lipinski definition) is 0. The first-order valence-electron chi connectivity index (χ1n) is 9.95. The topological polar surface area (TPSA) is 57.7 Å². The molecule has 0 N–H and O–H groups in total. The van der Waals surface area contributed by atoms with E-state index < -0.39 is 21.9 Å². The second-order valence-electron chi connectivity index (χ2n) is 7.93. The van der Waals surface area contributed by atoms with Crippen LogP contribution in [0.25, 0.3) is 0 Å². The van der Waals surface area contributed by atoms with E-state index in [0.717, 1.165) is 19.6 Å². The lowest BCUT2D eigenvalue weighted by Crippen LogP contribution is -2.46. The molecule has 2 aliphatic heterocycles. The van der Waals surface area contributed by atoms with Gasteiger partial charge in [-0.2, -0.15) is 4.31 Å². The van der Waals surface area contributed by atoms with Crippen molar-refractivity contribution in [2.24, 2.45) is 0 Å². The third-order valence-electron chi connectivity index (χ3n) is 5.84. The standard InChI is InChI=1S/C22H25FN2O3S/c1-16(26)13-21-20-14-18(23)7-8-22(20)29(27,28)25(21)19-9-11-24(12-10-19)15-17-5-3-2-4-6-17/h2-8,14,19,21H,9-13,15H2,1H3/t21-/m0/s1. The molecule has 1 fully saturated rings. The maximum Gasteiger partial charge on any atom is 0.244 e. The Kier molecular flexibility index (Phi) is 5.55. The lowest BCUT2D eigenvalue weighted by Gasteiger charge is -2.38. The molecule has 2 heterocycles. The van der Waals surface area contributed by atoms with Crippen LogP contribution >= 0.6 is 0 Å². The van der Waals surface area contributed by atoms with Crippen molar-refractivity contribution in [3.8, 4) is 0 Å². The zero-order chi connectivity index (χ0) is 20.6. The summed E-state index contributed by atoms with van der Waals surface area (Å²) in [7, 11) is -3.74. The summed E-state index contributed by atoms with van der Waals surface area (Å²) >= 11 is 0. The van der Waals surface area contributed by atoms with E-state index in [1.54, 1.807) is 0 Å². The number of rotatable bonds is 5. The number of nitrogens with zero attached hydrogens (tertiary/aromatic N) is 2. The Morgan fingerprint density at radius 3 is 2.45 bits per heavy atom. The van der Waals surface area contributed by atoms with Crippen molar-refractivity contribution < 1.29 is 17.6 Å². The number of Topliss-reactive ketones (excluding diaryl/α,β-unsaturated/α-hetero) is 1. The van der Waals surface area contributed by atoms with E-state index in [-0.39, 0.29) is 23.1 Å². The number of sulfonamides is 1. The first-order valence-corrected chi connectivity index (χ1v) is 11.4. The number of benzene rings is 2. The van der Waals surface area contributed by atoms with Crippen molar-refractivity contribution in [2.45, 2.75) is 49.7 Å². The average Bonchev–Trinajstić information content (AvgIpc) is 2.89. The summed E-state index contributed by atoms with van der Waals surface area (Å²) in [6.45, 7) is 3.85. The summed E-state index contributed by atoms with van der Waals surface area (Å²) < 4.78 is 41.8. The normalized spacial score (nSPS) is 22.5. The van der Waals surface area contributed by atoms with Crippen molar-refractivity contribution in [1.82, 2.24) is 9.21 Å². The third kappa shape index (κ3) is 3.99. The predicted octanol–water partition coefficient (Wildman–Crippen LogP) is 3.51. The molecular weight excluding hydrogens is 391 g/mol. The smallest absolute Gasteiger partial charge is 0.244 e. The third-order valence-corrected chi connectivity index (χ3v) is 7.88. The molecule has 2 aromatic carbocycles. The van der Waals surface area contributed by atoms with Crippen LogP contribution in [-0.2, 0) is 21.4 Å². The Morgan fingerprint density at radius 2 is 1.79 bits per heavy atom. The van der Waals surface area contributed by atoms with Gasteiger partial charge in [0.1, 0.15) is 11.6 Å². The number of fused-ring (bicyclic) bond motifs is 1. The van der Waals surface area contributed by atoms with Gasteiger partial charge < -0.3 is 0 Å². The SMILES string of the molecule is CC(=O)C[C@H]1c2cc(F)ccc2S(=O)(=O)N1C1CCN(Cc2ccccc2)CC1. The largest absolute Gasteiger partial charge is 0.300 e. The number of piperidine rings is 1. The first-order chi connectivity index (χ1) is 13.9. The highest BCUT2D eigenvalue weighted by atomic mass is 32.2. The van der Waals surface area contributed by atoms with Crippen LogP contribution in [0.5, 0.6) is 0 Å². The zero-order valence-electron chi connectivity index (χ0n) is 16.4. The second kappa shape index (κ2) is 7.97. The Bertz CT molecular complexity index is 1000. The summed E-state index contributed by atoms with van der Waals surface area (Å²) in [5, 5.41) is 0. The van der Waals surface area contributed by atoms with Crippen LogP contribution in [0.4, 0.5) is 4.39 Å². The van der Waals surface area contributed by atoms with Crippen LogP contribution in [0.1, 0.15) is 43.4 Å². The molecule has 0 bridgehead atoms. The fourth-order valence-electron chi connectivity index (χ4n) is 4.53. The van der Waals surface area contributed by atoms with Crippen LogP contribution in [0.2, 0.25) is 0 Å². The van der Waals surface area contributed by atoms with Gasteiger partial charge in [0.25, 0.3) is 0 Å². The van der Waals surface area contributed by atoms with Crippen LogP contribution in [-0.4, -0.2) is 42.5 Å². The van der Waals surface area contributed by atoms with Gasteiger partial charge in [0, 0.05) is 32.1 Å². The lowest BCUT2D eigenvalue weighted by molar-refractivity contribution is -0.118. The summed E-state index contributed by atoms with van der Waals surface area (Å²) in [6, 6.07) is 13.2. The Morgan fingerprint density at radius 1 is 1.10 bits per heavy atom. The van der Waals surface area contributed by atoms with Crippen molar-refractivity contribution in [3.63, 3.8) is 0 Å². The van der Waals surface area contributed by atoms with Gasteiger partial charge in [0.15, 0.2) is 0 Å². The van der Waals surface area contributed by atoms with Gasteiger partial charge >= 0.3 is 0 Å². The minimum Gasteiger partial charge on any atom is -0.300 e. The zero-order valence-corrected chi connectivity index (χ0v) is 17.2. The number of carbonyl (C=O) groups excluding carboxylic acids is 1. The Labute approximate surface area is 171 Å². The van der Waals surface area contributed by atoms with Crippen molar-refractivity contribution in [3.05, 3.63) is 65.5 Å². The van der Waals surface area contributed by atoms with E-state index in [1.165, 1.54) is 35.0 Å². The maximum atomic E-state index is 13.8. The molecule has 5 nitrogen and oxygen atoms in total. The summed E-state index contributed by atoms with van der Waals surface area (Å²) in [5.74, 6) is -0.583. The molecule has 154 valence electrons. The van der Waals surface area contributed by atoms with Gasteiger partial charge in [0.2, 0.25) is 10.0 Å². The molecular formula is C22H25FN2O3S. The summed E-state index contributed by atoms with van der Waals surface area (Å²) in [4.78, 5) is 14.3. The molecule has 0 aromatic heterocycles. The molecule has 1 saturated heterocycles. The number of halogens is 1. The van der Waals surface area contributed by atoms with Gasteiger partial charge in [-0.05, 0) is 49.1 Å². The highest BCUT2D eigenvalue weighted by molar-refractivity contribution is 7.89. The number of likely N-dealkylation sites (tertiary alicyclic amines) is 1. The summed E-state index contributed by atoms with van der Waals surface area (Å²) in [5.41, 5.74) is 1.64. The minimum atomic E-state index is -3.74. The molecule has 4 rings (SSSR count). The highest BCUT2D eigenvalue weighted by Gasteiger charge is 2.47. The number of ketones is 1. The minimum absolute atomic E-state index is 0.0694. The molecule has 7 heteroatoms. The molecule has 0 amide bonds. The van der Waals surface area contributed by atoms with Crippen molar-refractivity contribution >= 4 is 15.8 Å². The van der Waals surface area contributed by atoms with Crippen molar-refractivity contribution in [2.75, 3.05) is 13.1 Å². The second-order valence-corrected chi connectivity index (χ2v) is 9.74. The van der Waals surface area contributed by atoms with Crippen LogP contribution in [0.3, 0.4) is 0 Å². The molecule has 0 spiro atoms. The van der Waals surface area contributed by atoms with Gasteiger partial charge in [-0.3, -0.25) is 9.69 Å². The maximum absolute atomic E-state index is 13.8. The van der Waals surface area contributed by atoms with Crippen LogP contribution in [0, 0.1) is 5.82 Å². The van der Waals surface area contributed by atoms with Crippen molar-refractivity contribution in [1.29, 1.82) is 0 Å². The molecule has 1 atom stereocenters. The van der Waals surface area contributed by atoms with E-state index in [0.29, 0.717) is 18.4 Å². The summed E-state index contributed by atoms with van der Waals surface area (Å²) in [6.07, 6.45) is 1.45. The molecule has 0 saturated carbocycles. The Balaban J connectivity index is 1.55. The molecule has 0 radical (unpaired) electrons. The van der Waals surface area contributed by atoms with E-state index >= 15 is 0 Å². The van der Waals surface area contributed by atoms with Gasteiger partial charge in [-0.15, -0.1) is 0 Å². The van der Waals surface area contributed by atoms with E-state index in [1.807, 2.05) is 18.2 Å². The average molecular weight is 417 g/mol. The van der Waals surface area contributed by atoms with Gasteiger partial charge in [-0.1, -0.05) is 30.3 Å². The number of hydrogen-bond acceptors (Lipinski definition) is 4. The van der Waals surface area contributed by atoms with Crippen LogP contribution in [0.15, 0.2) is 53.4 Å². The molecule has 2 aliphatic rings. The quantitative estimate of drug-likeness (QED) is 0.748. The molecule has 0 aliphatic carbocycles. The monoisotopic (exact) mass is 416 g/mol. The van der Waals surface area contributed by atoms with Gasteiger partial charge in [-0.25, -0.2) is 12.8 Å². The molecule has 2 aromatic rings. The fourth-order valence-corrected chi connectivity index (χ4v) is 6.62. The van der Waals surface area contributed by atoms with E-state index in [9.17, 15) is 17.6 Å². The fraction of sp³-hybridized carbons (Fsp3) is 0.409. The van der Waals surface area contributed by atoms with Gasteiger partial charge in [0.05, 0.1) is 10.9 Å². The molecule has 0 unspecified atom stereocenters. The first kappa shape index (κ1) is 20.2. The highest BCUT2D eigenvalue weighted by Crippen LogP contribution is 2.44. The van der Waals surface area contributed by atoms with Crippen LogP contribution < -0.4 is 0 Å². The lowest BCUT2D eigenvalue weighted by atomic mass is 9.97. The predicted molar refractivity (Wildman–Crippen MR) is 108 cm³/mol. The molecule has 29 heavy (non-hydrogen) atoms. The Hall–Kier alpha value is -2.09. The van der Waals surface area contributed by atoms with E-state index in [4.69, 9.17) is 0 Å². The van der Waals surface area contributed by atoms with E-state index in [2.05, 4.69) is 17.0 Å². The number of carbonyl (C=O) groups is 1.